The van der Waals surface area contributed by atoms with Crippen molar-refractivity contribution in [2.45, 2.75) is 6.04 Å². The summed E-state index contributed by atoms with van der Waals surface area (Å²) in [5, 5.41) is 11.6. The van der Waals surface area contributed by atoms with Gasteiger partial charge in [0.05, 0.1) is 13.2 Å². The number of rotatable bonds is 5. The maximum absolute atomic E-state index is 8.67. The van der Waals surface area contributed by atoms with Gasteiger partial charge in [0.2, 0.25) is 0 Å². The first-order chi connectivity index (χ1) is 4.85. The number of aliphatic hydroxyl groups excluding tert-OH is 1. The zero-order valence-electron chi connectivity index (χ0n) is 6.50. The molecule has 0 rings (SSSR count). The third kappa shape index (κ3) is 4.49. The molecular weight excluding hydrogens is 130 g/mol. The molecule has 0 aromatic carbocycles. The molecule has 0 aromatic rings. The summed E-state index contributed by atoms with van der Waals surface area (Å²) in [5.41, 5.74) is 0. The van der Waals surface area contributed by atoms with E-state index in [2.05, 4.69) is 5.32 Å². The highest BCUT2D eigenvalue weighted by atomic mass is 16.5. The fourth-order valence-corrected chi connectivity index (χ4v) is 0.564. The van der Waals surface area contributed by atoms with Gasteiger partial charge < -0.3 is 15.2 Å². The topological polar surface area (TPSA) is 41.5 Å². The largest absolute Gasteiger partial charge is 0.394 e. The van der Waals surface area contributed by atoms with Crippen molar-refractivity contribution in [1.82, 2.24) is 5.32 Å². The highest BCUT2D eigenvalue weighted by Crippen LogP contribution is 1.83. The van der Waals surface area contributed by atoms with Crippen molar-refractivity contribution in [2.75, 3.05) is 27.4 Å². The van der Waals surface area contributed by atoms with Gasteiger partial charge in [0.1, 0.15) is 0 Å². The molecule has 0 aliphatic rings. The molecule has 0 aliphatic carbocycles. The normalized spacial score (nSPS) is 14.3. The van der Waals surface area contributed by atoms with Crippen molar-refractivity contribution >= 4 is 0 Å². The predicted octanol–water partition coefficient (Wildman–Crippen LogP) is -0.231. The molecule has 1 atom stereocenters. The SMILES string of the molecule is CNC(/C=C/COC)CO. The summed E-state index contributed by atoms with van der Waals surface area (Å²) in [6.45, 7) is 0.717. The van der Waals surface area contributed by atoms with E-state index in [1.165, 1.54) is 0 Å². The molecule has 3 nitrogen and oxygen atoms in total. The second kappa shape index (κ2) is 6.74. The van der Waals surface area contributed by atoms with Crippen LogP contribution in [0, 0.1) is 0 Å². The van der Waals surface area contributed by atoms with E-state index in [-0.39, 0.29) is 12.6 Å². The summed E-state index contributed by atoms with van der Waals surface area (Å²) in [4.78, 5) is 0. The fraction of sp³-hybridized carbons (Fsp3) is 0.714. The molecule has 0 aliphatic heterocycles. The number of hydrogen-bond acceptors (Lipinski definition) is 3. The molecule has 0 radical (unpaired) electrons. The van der Waals surface area contributed by atoms with Crippen LogP contribution in [0.5, 0.6) is 0 Å². The molecule has 10 heavy (non-hydrogen) atoms. The lowest BCUT2D eigenvalue weighted by molar-refractivity contribution is 0.232. The molecule has 0 saturated heterocycles. The van der Waals surface area contributed by atoms with Crippen LogP contribution in [-0.4, -0.2) is 38.5 Å². The van der Waals surface area contributed by atoms with Crippen molar-refractivity contribution in [2.24, 2.45) is 0 Å². The molecule has 0 saturated carbocycles. The summed E-state index contributed by atoms with van der Waals surface area (Å²) in [5.74, 6) is 0. The van der Waals surface area contributed by atoms with Crippen LogP contribution in [0.2, 0.25) is 0 Å². The van der Waals surface area contributed by atoms with Gasteiger partial charge in [-0.05, 0) is 7.05 Å². The predicted molar refractivity (Wildman–Crippen MR) is 40.9 cm³/mol. The number of ether oxygens (including phenoxy) is 1. The van der Waals surface area contributed by atoms with Gasteiger partial charge in [0.15, 0.2) is 0 Å². The molecular formula is C7H15NO2. The van der Waals surface area contributed by atoms with E-state index < -0.39 is 0 Å². The fourth-order valence-electron chi connectivity index (χ4n) is 0.564. The lowest BCUT2D eigenvalue weighted by Gasteiger charge is -2.05. The van der Waals surface area contributed by atoms with E-state index in [9.17, 15) is 0 Å². The Morgan fingerprint density at radius 1 is 1.70 bits per heavy atom. The van der Waals surface area contributed by atoms with E-state index in [0.29, 0.717) is 6.61 Å². The molecule has 1 unspecified atom stereocenters. The van der Waals surface area contributed by atoms with E-state index >= 15 is 0 Å². The molecule has 3 heteroatoms. The molecule has 2 N–H and O–H groups in total. The zero-order valence-corrected chi connectivity index (χ0v) is 6.50. The van der Waals surface area contributed by atoms with Crippen LogP contribution in [0.25, 0.3) is 0 Å². The van der Waals surface area contributed by atoms with Crippen LogP contribution in [0.4, 0.5) is 0 Å². The van der Waals surface area contributed by atoms with Crippen molar-refractivity contribution in [3.05, 3.63) is 12.2 Å². The Balaban J connectivity index is 3.40. The van der Waals surface area contributed by atoms with Gasteiger partial charge in [0.25, 0.3) is 0 Å². The van der Waals surface area contributed by atoms with E-state index in [1.54, 1.807) is 14.2 Å². The molecule has 0 amide bonds. The summed E-state index contributed by atoms with van der Waals surface area (Å²) < 4.78 is 4.79. The number of hydrogen-bond donors (Lipinski definition) is 2. The third-order valence-corrected chi connectivity index (χ3v) is 1.20. The summed E-state index contributed by atoms with van der Waals surface area (Å²) in [6, 6.07) is 0.0511. The van der Waals surface area contributed by atoms with E-state index in [1.807, 2.05) is 12.2 Å². The van der Waals surface area contributed by atoms with Gasteiger partial charge in [-0.3, -0.25) is 0 Å². The van der Waals surface area contributed by atoms with Crippen LogP contribution in [0.1, 0.15) is 0 Å². The van der Waals surface area contributed by atoms with Crippen molar-refractivity contribution in [1.29, 1.82) is 0 Å². The minimum atomic E-state index is 0.0511. The Bertz CT molecular complexity index is 89.6. The Morgan fingerprint density at radius 2 is 2.40 bits per heavy atom. The van der Waals surface area contributed by atoms with Crippen LogP contribution in [0.15, 0.2) is 12.2 Å². The maximum Gasteiger partial charge on any atom is 0.0644 e. The van der Waals surface area contributed by atoms with Crippen LogP contribution >= 0.6 is 0 Å². The number of methoxy groups -OCH3 is 1. The van der Waals surface area contributed by atoms with Crippen LogP contribution in [0.3, 0.4) is 0 Å². The second-order valence-corrected chi connectivity index (χ2v) is 1.96. The molecule has 0 aromatic heterocycles. The third-order valence-electron chi connectivity index (χ3n) is 1.20. The maximum atomic E-state index is 8.67. The van der Waals surface area contributed by atoms with E-state index in [4.69, 9.17) is 9.84 Å². The number of nitrogens with one attached hydrogen (secondary N) is 1. The Hall–Kier alpha value is -0.380. The minimum absolute atomic E-state index is 0.0511. The molecule has 0 spiro atoms. The lowest BCUT2D eigenvalue weighted by Crippen LogP contribution is -2.26. The lowest BCUT2D eigenvalue weighted by atomic mass is 10.3. The number of likely N-dealkylation sites (N-methyl/N-ethyl adjacent to an activating group) is 1. The molecule has 0 bridgehead atoms. The summed E-state index contributed by atoms with van der Waals surface area (Å²) >= 11 is 0. The summed E-state index contributed by atoms with van der Waals surface area (Å²) in [6.07, 6.45) is 3.75. The molecule has 0 fully saturated rings. The first-order valence-electron chi connectivity index (χ1n) is 3.28. The van der Waals surface area contributed by atoms with Gasteiger partial charge in [0, 0.05) is 13.2 Å². The van der Waals surface area contributed by atoms with Gasteiger partial charge >= 0.3 is 0 Å². The highest BCUT2D eigenvalue weighted by Gasteiger charge is 1.94. The van der Waals surface area contributed by atoms with Gasteiger partial charge in [-0.25, -0.2) is 0 Å². The molecule has 0 heterocycles. The van der Waals surface area contributed by atoms with E-state index in [0.717, 1.165) is 0 Å². The standard InChI is InChI=1S/C7H15NO2/c1-8-7(6-9)4-3-5-10-2/h3-4,7-9H,5-6H2,1-2H3/b4-3+. The van der Waals surface area contributed by atoms with Crippen molar-refractivity contribution in [3.8, 4) is 0 Å². The zero-order chi connectivity index (χ0) is 7.82. The monoisotopic (exact) mass is 145 g/mol. The first-order valence-corrected chi connectivity index (χ1v) is 3.28. The quantitative estimate of drug-likeness (QED) is 0.525. The minimum Gasteiger partial charge on any atom is -0.394 e. The van der Waals surface area contributed by atoms with Gasteiger partial charge in [-0.1, -0.05) is 12.2 Å². The second-order valence-electron chi connectivity index (χ2n) is 1.96. The molecule has 60 valence electrons. The Morgan fingerprint density at radius 3 is 2.80 bits per heavy atom. The van der Waals surface area contributed by atoms with Crippen LogP contribution < -0.4 is 5.32 Å². The van der Waals surface area contributed by atoms with Crippen molar-refractivity contribution in [3.63, 3.8) is 0 Å². The van der Waals surface area contributed by atoms with Gasteiger partial charge in [-0.15, -0.1) is 0 Å². The van der Waals surface area contributed by atoms with Crippen LogP contribution in [-0.2, 0) is 4.74 Å². The first kappa shape index (κ1) is 9.62. The highest BCUT2D eigenvalue weighted by molar-refractivity contribution is 4.92. The average molecular weight is 145 g/mol. The smallest absolute Gasteiger partial charge is 0.0644 e. The Kier molecular flexibility index (Phi) is 6.48. The van der Waals surface area contributed by atoms with Crippen molar-refractivity contribution < 1.29 is 9.84 Å². The Labute approximate surface area is 61.7 Å². The van der Waals surface area contributed by atoms with Gasteiger partial charge in [-0.2, -0.15) is 0 Å². The number of aliphatic hydroxyl groups is 1. The summed E-state index contributed by atoms with van der Waals surface area (Å²) in [7, 11) is 3.44. The average Bonchev–Trinajstić information content (AvgIpc) is 1.99.